The topological polar surface area (TPSA) is 171 Å². The van der Waals surface area contributed by atoms with Gasteiger partial charge in [-0.1, -0.05) is 44.2 Å². The molecule has 11 nitrogen and oxygen atoms in total. The summed E-state index contributed by atoms with van der Waals surface area (Å²) >= 11 is 0. The summed E-state index contributed by atoms with van der Waals surface area (Å²) < 4.78 is 66.3. The van der Waals surface area contributed by atoms with Crippen LogP contribution in [0.15, 0.2) is 30.3 Å². The van der Waals surface area contributed by atoms with Crippen LogP contribution in [0.4, 0.5) is 13.6 Å². The number of carbonyl (C=O) groups is 3. The molecular formula is C28H42F2N3NaO8S. The van der Waals surface area contributed by atoms with E-state index in [-0.39, 0.29) is 92.2 Å². The third-order valence-electron chi connectivity index (χ3n) is 7.82. The first-order chi connectivity index (χ1) is 19.6. The van der Waals surface area contributed by atoms with E-state index >= 15 is 0 Å². The van der Waals surface area contributed by atoms with Gasteiger partial charge in [0.1, 0.15) is 12.1 Å². The number of rotatable bonds is 13. The van der Waals surface area contributed by atoms with Crippen LogP contribution >= 0.6 is 0 Å². The Labute approximate surface area is 273 Å². The molecule has 1 aliphatic heterocycles. The number of alkyl carbamates (subject to hydrolysis) is 1. The number of hydrogen-bond donors (Lipinski definition) is 5. The van der Waals surface area contributed by atoms with Gasteiger partial charge in [0.2, 0.25) is 23.2 Å². The number of amides is 3. The van der Waals surface area contributed by atoms with Crippen LogP contribution < -0.4 is 16.0 Å². The number of halogens is 2. The average Bonchev–Trinajstić information content (AvgIpc) is 3.30. The number of aliphatic hydroxyl groups is 1. The van der Waals surface area contributed by atoms with Crippen molar-refractivity contribution < 1.29 is 46.0 Å². The fraction of sp³-hybridized carbons (Fsp3) is 0.679. The second-order valence-corrected chi connectivity index (χ2v) is 13.2. The third kappa shape index (κ3) is 11.9. The SMILES string of the molecule is CC(C)C[C@H](NC(=O)OC(Cc1ccccc1)C1CCC(F)(F)CC1)C(=O)N[C@@H](CC1CCNC1=O)C(O)S(=O)(=O)O.[NaH]. The van der Waals surface area contributed by atoms with E-state index in [1.54, 1.807) is 13.8 Å². The molecule has 5 atom stereocenters. The third-order valence-corrected chi connectivity index (χ3v) is 8.76. The zero-order valence-corrected chi connectivity index (χ0v) is 24.6. The molecule has 15 heteroatoms. The standard InChI is InChI=1S/C28H41F2N3O8S.Na.H/c1-17(2)14-21(25(35)32-22(26(36)42(38,39)40)16-20-10-13-31-24(20)34)33-27(37)41-23(15-18-6-4-3-5-7-18)19-8-11-28(29,30)12-9-19;;/h3-7,17,19-23,26,36H,8-16H2,1-2H3,(H,31,34)(H,32,35)(H,33,37)(H,38,39,40);;/t20?,21-,22-,23?,26?;;/m0../s1. The monoisotopic (exact) mass is 641 g/mol. The van der Waals surface area contributed by atoms with E-state index in [0.29, 0.717) is 13.0 Å². The molecule has 1 aliphatic carbocycles. The van der Waals surface area contributed by atoms with Crippen molar-refractivity contribution in [2.45, 2.75) is 94.8 Å². The Kier molecular flexibility index (Phi) is 14.3. The molecule has 1 aromatic rings. The van der Waals surface area contributed by atoms with Crippen molar-refractivity contribution in [2.75, 3.05) is 6.54 Å². The van der Waals surface area contributed by atoms with Gasteiger partial charge in [-0.2, -0.15) is 8.42 Å². The zero-order valence-electron chi connectivity index (χ0n) is 23.8. The molecule has 3 amide bonds. The predicted octanol–water partition coefficient (Wildman–Crippen LogP) is 2.13. The van der Waals surface area contributed by atoms with Crippen LogP contribution in [0.25, 0.3) is 0 Å². The van der Waals surface area contributed by atoms with Gasteiger partial charge in [-0.3, -0.25) is 14.1 Å². The van der Waals surface area contributed by atoms with Crippen LogP contribution in [0.3, 0.4) is 0 Å². The molecule has 1 saturated carbocycles. The van der Waals surface area contributed by atoms with E-state index in [1.807, 2.05) is 30.3 Å². The summed E-state index contributed by atoms with van der Waals surface area (Å²) in [6, 6.07) is 6.38. The molecule has 2 fully saturated rings. The molecule has 43 heavy (non-hydrogen) atoms. The van der Waals surface area contributed by atoms with Gasteiger partial charge in [-0.05, 0) is 49.5 Å². The molecule has 1 heterocycles. The van der Waals surface area contributed by atoms with E-state index in [4.69, 9.17) is 4.74 Å². The number of alkyl halides is 2. The maximum atomic E-state index is 13.8. The van der Waals surface area contributed by atoms with Gasteiger partial charge >= 0.3 is 35.7 Å². The molecule has 0 radical (unpaired) electrons. The minimum atomic E-state index is -5.00. The van der Waals surface area contributed by atoms with Crippen LogP contribution in [0.5, 0.6) is 0 Å². The molecule has 3 unspecified atom stereocenters. The summed E-state index contributed by atoms with van der Waals surface area (Å²) in [6.07, 6.45) is -1.50. The molecule has 3 rings (SSSR count). The van der Waals surface area contributed by atoms with E-state index < -0.39 is 57.6 Å². The molecular weight excluding hydrogens is 599 g/mol. The van der Waals surface area contributed by atoms with Crippen molar-refractivity contribution in [3.8, 4) is 0 Å². The van der Waals surface area contributed by atoms with Gasteiger partial charge in [0.25, 0.3) is 10.1 Å². The summed E-state index contributed by atoms with van der Waals surface area (Å²) in [6.45, 7) is 3.93. The maximum absolute atomic E-state index is 13.8. The van der Waals surface area contributed by atoms with Crippen molar-refractivity contribution in [1.29, 1.82) is 0 Å². The van der Waals surface area contributed by atoms with Crippen LogP contribution in [0, 0.1) is 17.8 Å². The van der Waals surface area contributed by atoms with Crippen LogP contribution in [-0.4, -0.2) is 102 Å². The van der Waals surface area contributed by atoms with Gasteiger partial charge in [0.05, 0.1) is 6.04 Å². The Hall–Kier alpha value is -1.84. The van der Waals surface area contributed by atoms with Crippen molar-refractivity contribution in [1.82, 2.24) is 16.0 Å². The number of aliphatic hydroxyl groups excluding tert-OH is 1. The van der Waals surface area contributed by atoms with Crippen molar-refractivity contribution in [3.63, 3.8) is 0 Å². The molecule has 0 aromatic heterocycles. The van der Waals surface area contributed by atoms with Gasteiger partial charge < -0.3 is 25.8 Å². The number of nitrogens with one attached hydrogen (secondary N) is 3. The summed E-state index contributed by atoms with van der Waals surface area (Å²) in [5.41, 5.74) is -1.55. The first kappa shape index (κ1) is 37.3. The molecule has 0 spiro atoms. The average molecular weight is 642 g/mol. The van der Waals surface area contributed by atoms with E-state index in [0.717, 1.165) is 5.56 Å². The zero-order chi connectivity index (χ0) is 31.1. The Morgan fingerprint density at radius 3 is 2.28 bits per heavy atom. The quantitative estimate of drug-likeness (QED) is 0.161. The fourth-order valence-electron chi connectivity index (χ4n) is 5.52. The van der Waals surface area contributed by atoms with Crippen molar-refractivity contribution in [2.24, 2.45) is 17.8 Å². The fourth-order valence-corrected chi connectivity index (χ4v) is 6.11. The molecule has 2 aliphatic rings. The van der Waals surface area contributed by atoms with Gasteiger partial charge in [-0.15, -0.1) is 0 Å². The first-order valence-corrected chi connectivity index (χ1v) is 15.8. The minimum absolute atomic E-state index is 0. The Morgan fingerprint density at radius 1 is 1.12 bits per heavy atom. The summed E-state index contributed by atoms with van der Waals surface area (Å²) in [4.78, 5) is 38.5. The van der Waals surface area contributed by atoms with Gasteiger partial charge in [-0.25, -0.2) is 13.6 Å². The van der Waals surface area contributed by atoms with Crippen molar-refractivity contribution in [3.05, 3.63) is 35.9 Å². The predicted molar refractivity (Wildman–Crippen MR) is 156 cm³/mol. The van der Waals surface area contributed by atoms with E-state index in [9.17, 15) is 41.2 Å². The van der Waals surface area contributed by atoms with E-state index in [2.05, 4.69) is 16.0 Å². The number of carbonyl (C=O) groups excluding carboxylic acids is 3. The summed E-state index contributed by atoms with van der Waals surface area (Å²) in [5, 5.41) is 17.8. The molecule has 1 saturated heterocycles. The van der Waals surface area contributed by atoms with Crippen LogP contribution in [-0.2, 0) is 30.9 Å². The second kappa shape index (κ2) is 16.5. The van der Waals surface area contributed by atoms with Crippen molar-refractivity contribution >= 4 is 57.6 Å². The molecule has 5 N–H and O–H groups in total. The Balaban J connectivity index is 0.00000645. The summed E-state index contributed by atoms with van der Waals surface area (Å²) in [5.74, 6) is -5.12. The second-order valence-electron chi connectivity index (χ2n) is 11.7. The number of benzene rings is 1. The van der Waals surface area contributed by atoms with Gasteiger partial charge in [0, 0.05) is 31.7 Å². The summed E-state index contributed by atoms with van der Waals surface area (Å²) in [7, 11) is -5.00. The number of ether oxygens (including phenoxy) is 1. The molecule has 0 bridgehead atoms. The Morgan fingerprint density at radius 2 is 1.74 bits per heavy atom. The van der Waals surface area contributed by atoms with Gasteiger partial charge in [0.15, 0.2) is 0 Å². The molecule has 238 valence electrons. The first-order valence-electron chi connectivity index (χ1n) is 14.3. The number of hydrogen-bond acceptors (Lipinski definition) is 7. The van der Waals surface area contributed by atoms with E-state index in [1.165, 1.54) is 0 Å². The van der Waals surface area contributed by atoms with Crippen LogP contribution in [0.2, 0.25) is 0 Å². The van der Waals surface area contributed by atoms with Crippen LogP contribution in [0.1, 0.15) is 64.4 Å². The molecule has 1 aromatic carbocycles. The normalized spacial score (nSPS) is 21.6. The Bertz CT molecular complexity index is 1180.